The van der Waals surface area contributed by atoms with Crippen molar-refractivity contribution in [3.05, 3.63) is 29.8 Å². The van der Waals surface area contributed by atoms with E-state index in [2.05, 4.69) is 9.47 Å². The zero-order chi connectivity index (χ0) is 15.6. The van der Waals surface area contributed by atoms with Crippen LogP contribution in [0.25, 0.3) is 0 Å². The highest BCUT2D eigenvalue weighted by atomic mass is 19.4. The van der Waals surface area contributed by atoms with Crippen LogP contribution >= 0.6 is 0 Å². The normalized spacial score (nSPS) is 13.9. The number of carbonyl (C=O) groups is 1. The van der Waals surface area contributed by atoms with Gasteiger partial charge in [-0.2, -0.15) is 8.78 Å². The van der Waals surface area contributed by atoms with Crippen LogP contribution in [0.3, 0.4) is 0 Å². The third-order valence-corrected chi connectivity index (χ3v) is 2.02. The first kappa shape index (κ1) is 16.3. The zero-order valence-electron chi connectivity index (χ0n) is 9.88. The maximum atomic E-state index is 13.0. The van der Waals surface area contributed by atoms with Crippen LogP contribution in [-0.2, 0) is 4.74 Å². The van der Waals surface area contributed by atoms with E-state index in [1.54, 1.807) is 0 Å². The second-order valence-corrected chi connectivity index (χ2v) is 3.62. The molecule has 0 bridgehead atoms. The van der Waals surface area contributed by atoms with Crippen molar-refractivity contribution in [2.24, 2.45) is 0 Å². The van der Waals surface area contributed by atoms with Crippen molar-refractivity contribution in [2.45, 2.75) is 25.8 Å². The van der Waals surface area contributed by atoms with Crippen LogP contribution < -0.4 is 4.74 Å². The second kappa shape index (κ2) is 5.70. The molecule has 0 radical (unpaired) electrons. The molecule has 0 saturated heterocycles. The van der Waals surface area contributed by atoms with E-state index in [9.17, 15) is 31.1 Å². The average Bonchev–Trinajstić information content (AvgIpc) is 2.26. The van der Waals surface area contributed by atoms with Gasteiger partial charge in [-0.25, -0.2) is 9.13 Å². The molecule has 0 fully saturated rings. The molecule has 1 rings (SSSR count). The highest BCUT2D eigenvalue weighted by Crippen LogP contribution is 2.31. The van der Waals surface area contributed by atoms with Gasteiger partial charge in [0.25, 0.3) is 0 Å². The molecule has 0 aromatic heterocycles. The largest absolute Gasteiger partial charge is 0.525 e. The van der Waals surface area contributed by atoms with E-state index >= 15 is 0 Å². The summed E-state index contributed by atoms with van der Waals surface area (Å²) in [7, 11) is 0. The second-order valence-electron chi connectivity index (χ2n) is 3.62. The quantitative estimate of drug-likeness (QED) is 0.614. The van der Waals surface area contributed by atoms with Crippen LogP contribution in [0.1, 0.15) is 17.3 Å². The fourth-order valence-corrected chi connectivity index (χ4v) is 1.15. The Balaban J connectivity index is 2.77. The van der Waals surface area contributed by atoms with Gasteiger partial charge in [-0.05, 0) is 31.2 Å². The van der Waals surface area contributed by atoms with Gasteiger partial charge in [-0.1, -0.05) is 0 Å². The first-order chi connectivity index (χ1) is 9.01. The standard InChI is InChI=1S/C11H8F6O3/c1-6(18)7-2-4-8(5-3-7)19-10(13,14)9(12)20-11(15,16)17/h2-5,9H,1H3/t9-/m0/s1. The number of benzene rings is 1. The number of ether oxygens (including phenoxy) is 2. The van der Waals surface area contributed by atoms with Crippen LogP contribution in [-0.4, -0.2) is 24.6 Å². The van der Waals surface area contributed by atoms with Gasteiger partial charge in [0.1, 0.15) is 5.75 Å². The molecule has 3 nitrogen and oxygen atoms in total. The van der Waals surface area contributed by atoms with E-state index < -0.39 is 24.6 Å². The van der Waals surface area contributed by atoms with Crippen molar-refractivity contribution in [1.29, 1.82) is 0 Å². The number of Topliss-reactive ketones (excluding diaryl/α,β-unsaturated/α-hetero) is 1. The lowest BCUT2D eigenvalue weighted by atomic mass is 10.1. The Morgan fingerprint density at radius 1 is 1.10 bits per heavy atom. The van der Waals surface area contributed by atoms with E-state index in [1.165, 1.54) is 6.92 Å². The fourth-order valence-electron chi connectivity index (χ4n) is 1.15. The highest BCUT2D eigenvalue weighted by Gasteiger charge is 2.50. The molecule has 0 spiro atoms. The van der Waals surface area contributed by atoms with Crippen molar-refractivity contribution in [2.75, 3.05) is 0 Å². The molecule has 0 aliphatic heterocycles. The Hall–Kier alpha value is -1.77. The number of alkyl halides is 6. The van der Waals surface area contributed by atoms with Crippen molar-refractivity contribution < 1.29 is 40.6 Å². The summed E-state index contributed by atoms with van der Waals surface area (Å²) >= 11 is 0. The lowest BCUT2D eigenvalue weighted by Gasteiger charge is -2.22. The van der Waals surface area contributed by atoms with Gasteiger partial charge in [0.05, 0.1) is 0 Å². The van der Waals surface area contributed by atoms with Gasteiger partial charge in [0.15, 0.2) is 5.78 Å². The lowest BCUT2D eigenvalue weighted by molar-refractivity contribution is -0.411. The van der Waals surface area contributed by atoms with E-state index in [0.29, 0.717) is 0 Å². The number of halogens is 6. The molecule has 9 heteroatoms. The van der Waals surface area contributed by atoms with Gasteiger partial charge in [-0.3, -0.25) is 4.79 Å². The lowest BCUT2D eigenvalue weighted by Crippen LogP contribution is -2.41. The first-order valence-corrected chi connectivity index (χ1v) is 5.08. The Morgan fingerprint density at radius 3 is 2.00 bits per heavy atom. The Labute approximate surface area is 109 Å². The first-order valence-electron chi connectivity index (χ1n) is 5.08. The van der Waals surface area contributed by atoms with Crippen LogP contribution in [0, 0.1) is 0 Å². The number of ketones is 1. The van der Waals surface area contributed by atoms with Crippen LogP contribution in [0.15, 0.2) is 24.3 Å². The SMILES string of the molecule is CC(=O)c1ccc(OC(F)(F)[C@@H](F)OC(F)(F)F)cc1. The predicted molar refractivity (Wildman–Crippen MR) is 54.1 cm³/mol. The summed E-state index contributed by atoms with van der Waals surface area (Å²) in [6.07, 6.45) is -14.4. The van der Waals surface area contributed by atoms with Crippen LogP contribution in [0.4, 0.5) is 26.3 Å². The maximum absolute atomic E-state index is 13.0. The summed E-state index contributed by atoms with van der Waals surface area (Å²) in [6.45, 7) is 1.22. The number of carbonyl (C=O) groups excluding carboxylic acids is 1. The molecule has 1 aromatic carbocycles. The molecule has 0 amide bonds. The fraction of sp³-hybridized carbons (Fsp3) is 0.364. The molecule has 20 heavy (non-hydrogen) atoms. The van der Waals surface area contributed by atoms with Gasteiger partial charge < -0.3 is 4.74 Å². The zero-order valence-corrected chi connectivity index (χ0v) is 9.88. The van der Waals surface area contributed by atoms with E-state index in [-0.39, 0.29) is 11.3 Å². The number of rotatable bonds is 5. The summed E-state index contributed by atoms with van der Waals surface area (Å²) < 4.78 is 79.9. The van der Waals surface area contributed by atoms with Crippen molar-refractivity contribution >= 4 is 5.78 Å². The molecule has 1 atom stereocenters. The Morgan fingerprint density at radius 2 is 1.60 bits per heavy atom. The predicted octanol–water partition coefficient (Wildman–Crippen LogP) is 3.69. The number of hydrogen-bond donors (Lipinski definition) is 0. The number of hydrogen-bond acceptors (Lipinski definition) is 3. The van der Waals surface area contributed by atoms with Gasteiger partial charge in [0, 0.05) is 5.56 Å². The maximum Gasteiger partial charge on any atom is 0.525 e. The molecular formula is C11H8F6O3. The van der Waals surface area contributed by atoms with E-state index in [4.69, 9.17) is 0 Å². The summed E-state index contributed by atoms with van der Waals surface area (Å²) in [6, 6.07) is 3.99. The molecule has 0 heterocycles. The summed E-state index contributed by atoms with van der Waals surface area (Å²) in [4.78, 5) is 10.9. The van der Waals surface area contributed by atoms with Gasteiger partial charge in [0.2, 0.25) is 0 Å². The molecule has 0 aliphatic rings. The molecule has 0 unspecified atom stereocenters. The monoisotopic (exact) mass is 302 g/mol. The topological polar surface area (TPSA) is 35.5 Å². The third kappa shape index (κ3) is 4.72. The molecule has 0 N–H and O–H groups in total. The Kier molecular flexibility index (Phi) is 4.64. The van der Waals surface area contributed by atoms with E-state index in [0.717, 1.165) is 24.3 Å². The minimum Gasteiger partial charge on any atom is -0.429 e. The molecule has 1 aromatic rings. The molecule has 0 aliphatic carbocycles. The minimum atomic E-state index is -5.56. The van der Waals surface area contributed by atoms with Crippen LogP contribution in [0.2, 0.25) is 0 Å². The summed E-state index contributed by atoms with van der Waals surface area (Å²) in [5.74, 6) is -0.972. The molecular weight excluding hydrogens is 294 g/mol. The van der Waals surface area contributed by atoms with Crippen molar-refractivity contribution in [3.8, 4) is 5.75 Å². The van der Waals surface area contributed by atoms with Crippen molar-refractivity contribution in [3.63, 3.8) is 0 Å². The molecule has 0 saturated carbocycles. The Bertz CT molecular complexity index is 468. The smallest absolute Gasteiger partial charge is 0.429 e. The summed E-state index contributed by atoms with van der Waals surface area (Å²) in [5, 5.41) is 0. The minimum absolute atomic E-state index is 0.170. The third-order valence-electron chi connectivity index (χ3n) is 2.02. The van der Waals surface area contributed by atoms with Crippen LogP contribution in [0.5, 0.6) is 5.75 Å². The summed E-state index contributed by atoms with van der Waals surface area (Å²) in [5.41, 5.74) is 0.170. The van der Waals surface area contributed by atoms with E-state index in [1.807, 2.05) is 0 Å². The van der Waals surface area contributed by atoms with Gasteiger partial charge >= 0.3 is 18.8 Å². The highest BCUT2D eigenvalue weighted by molar-refractivity contribution is 5.94. The average molecular weight is 302 g/mol. The molecule has 112 valence electrons. The van der Waals surface area contributed by atoms with Crippen molar-refractivity contribution in [1.82, 2.24) is 0 Å². The van der Waals surface area contributed by atoms with Gasteiger partial charge in [-0.15, -0.1) is 13.2 Å².